The van der Waals surface area contributed by atoms with Crippen molar-refractivity contribution in [2.24, 2.45) is 0 Å². The molecule has 0 aliphatic carbocycles. The second-order valence-corrected chi connectivity index (χ2v) is 9.76. The van der Waals surface area contributed by atoms with E-state index in [1.54, 1.807) is 28.2 Å². The van der Waals surface area contributed by atoms with Crippen LogP contribution in [0.15, 0.2) is 55.1 Å². The SMILES string of the molecule is C[C@@H](N1CCc2nc(-c3ccc(C#N)cc3)sc2C1)[C@](O)(C[n+]1cnc[nH]1)c1ccc(F)cc1F. The molecule has 0 amide bonds. The van der Waals surface area contributed by atoms with Crippen LogP contribution in [0.5, 0.6) is 0 Å². The minimum Gasteiger partial charge on any atom is -0.379 e. The van der Waals surface area contributed by atoms with Crippen LogP contribution >= 0.6 is 11.3 Å². The zero-order valence-corrected chi connectivity index (χ0v) is 19.8. The number of hydrogen-bond donors (Lipinski definition) is 2. The molecule has 1 aliphatic heterocycles. The largest absolute Gasteiger partial charge is 0.379 e. The minimum atomic E-state index is -1.66. The van der Waals surface area contributed by atoms with Crippen LogP contribution in [0, 0.1) is 23.0 Å². The Balaban J connectivity index is 1.44. The zero-order valence-electron chi connectivity index (χ0n) is 18.9. The highest BCUT2D eigenvalue weighted by Gasteiger charge is 2.44. The third-order valence-electron chi connectivity index (χ3n) is 6.57. The molecular formula is C25H23F2N6OS+. The normalized spacial score (nSPS) is 16.3. The lowest BCUT2D eigenvalue weighted by molar-refractivity contribution is -0.765. The number of nitriles is 1. The van der Waals surface area contributed by atoms with Crippen molar-refractivity contribution < 1.29 is 18.6 Å². The first-order valence-corrected chi connectivity index (χ1v) is 12.0. The maximum absolute atomic E-state index is 14.9. The van der Waals surface area contributed by atoms with E-state index in [0.717, 1.165) is 33.3 Å². The van der Waals surface area contributed by atoms with Crippen molar-refractivity contribution in [1.29, 1.82) is 5.26 Å². The van der Waals surface area contributed by atoms with Crippen LogP contribution in [-0.2, 0) is 25.1 Å². The zero-order chi connectivity index (χ0) is 24.6. The molecule has 10 heteroatoms. The number of halogens is 2. The number of benzene rings is 2. The predicted octanol–water partition coefficient (Wildman–Crippen LogP) is 3.31. The molecule has 0 radical (unpaired) electrons. The molecule has 1 aliphatic rings. The van der Waals surface area contributed by atoms with Crippen molar-refractivity contribution in [3.8, 4) is 16.6 Å². The molecule has 0 saturated heterocycles. The Bertz CT molecular complexity index is 1380. The van der Waals surface area contributed by atoms with Gasteiger partial charge in [-0.1, -0.05) is 18.2 Å². The summed E-state index contributed by atoms with van der Waals surface area (Å²) in [5.74, 6) is -1.49. The molecule has 0 spiro atoms. The Morgan fingerprint density at radius 2 is 2.09 bits per heavy atom. The third-order valence-corrected chi connectivity index (χ3v) is 7.71. The van der Waals surface area contributed by atoms with Gasteiger partial charge in [-0.3, -0.25) is 4.90 Å². The molecule has 2 aromatic heterocycles. The van der Waals surface area contributed by atoms with Crippen molar-refractivity contribution in [3.05, 3.63) is 88.5 Å². The van der Waals surface area contributed by atoms with Crippen LogP contribution in [0.2, 0.25) is 0 Å². The van der Waals surface area contributed by atoms with Gasteiger partial charge in [0.25, 0.3) is 0 Å². The number of nitrogens with one attached hydrogen (secondary N) is 1. The molecule has 5 rings (SSSR count). The van der Waals surface area contributed by atoms with Crippen LogP contribution < -0.4 is 4.68 Å². The van der Waals surface area contributed by atoms with E-state index in [-0.39, 0.29) is 12.1 Å². The summed E-state index contributed by atoms with van der Waals surface area (Å²) >= 11 is 1.58. The number of hydrogen-bond acceptors (Lipinski definition) is 6. The molecule has 3 heterocycles. The molecule has 0 bridgehead atoms. The van der Waals surface area contributed by atoms with Crippen LogP contribution in [0.1, 0.15) is 28.6 Å². The second kappa shape index (κ2) is 9.26. The molecule has 4 aromatic rings. The lowest BCUT2D eigenvalue weighted by Gasteiger charge is -2.41. The number of thiazole rings is 1. The number of rotatable bonds is 6. The maximum Gasteiger partial charge on any atom is 0.306 e. The van der Waals surface area contributed by atoms with Gasteiger partial charge in [0.1, 0.15) is 28.8 Å². The van der Waals surface area contributed by atoms with Gasteiger partial charge in [-0.2, -0.15) is 15.0 Å². The molecule has 2 atom stereocenters. The maximum atomic E-state index is 14.9. The first kappa shape index (κ1) is 23.2. The molecule has 0 fully saturated rings. The Hall–Kier alpha value is -3.52. The van der Waals surface area contributed by atoms with Crippen LogP contribution in [-0.4, -0.2) is 37.7 Å². The summed E-state index contributed by atoms with van der Waals surface area (Å²) in [5.41, 5.74) is 0.924. The molecule has 35 heavy (non-hydrogen) atoms. The van der Waals surface area contributed by atoms with Gasteiger partial charge >= 0.3 is 6.33 Å². The van der Waals surface area contributed by atoms with Gasteiger partial charge in [0.2, 0.25) is 6.33 Å². The topological polar surface area (TPSA) is 92.7 Å². The number of aromatic amines is 1. The number of aromatic nitrogens is 4. The van der Waals surface area contributed by atoms with E-state index >= 15 is 0 Å². The highest BCUT2D eigenvalue weighted by molar-refractivity contribution is 7.15. The van der Waals surface area contributed by atoms with Crippen molar-refractivity contribution in [2.75, 3.05) is 6.54 Å². The standard InChI is InChI=1S/C25H22F2N6OS/c1-16(25(34,13-33-15-29-14-30-33)20-7-6-19(26)10-21(20)27)32-9-8-22-23(12-32)35-24(31-22)18-4-2-17(11-28)3-5-18/h2-7,10,14-16,34H,8-9,12-13H2,1H3/p+1/t16-,25-/m1/s1. The first-order chi connectivity index (χ1) is 16.9. The van der Waals surface area contributed by atoms with E-state index in [1.807, 2.05) is 19.1 Å². The second-order valence-electron chi connectivity index (χ2n) is 8.67. The average molecular weight is 494 g/mol. The first-order valence-electron chi connectivity index (χ1n) is 11.2. The Morgan fingerprint density at radius 3 is 2.77 bits per heavy atom. The number of H-pyrrole nitrogens is 1. The monoisotopic (exact) mass is 493 g/mol. The lowest BCUT2D eigenvalue weighted by atomic mass is 9.85. The summed E-state index contributed by atoms with van der Waals surface area (Å²) in [7, 11) is 0. The van der Waals surface area contributed by atoms with Crippen molar-refractivity contribution in [1.82, 2.24) is 20.0 Å². The van der Waals surface area contributed by atoms with Gasteiger partial charge in [0, 0.05) is 47.6 Å². The van der Waals surface area contributed by atoms with Crippen molar-refractivity contribution in [3.63, 3.8) is 0 Å². The van der Waals surface area contributed by atoms with E-state index in [2.05, 4.69) is 21.1 Å². The molecule has 2 aromatic carbocycles. The number of nitrogens with zero attached hydrogens (tertiary/aromatic N) is 5. The summed E-state index contributed by atoms with van der Waals surface area (Å²) in [6.45, 7) is 3.04. The van der Waals surface area contributed by atoms with E-state index in [9.17, 15) is 13.9 Å². The van der Waals surface area contributed by atoms with E-state index in [0.29, 0.717) is 25.1 Å². The fraction of sp³-hybridized carbons (Fsp3) is 0.280. The van der Waals surface area contributed by atoms with Crippen molar-refractivity contribution in [2.45, 2.75) is 38.1 Å². The number of fused-ring (bicyclic) bond motifs is 1. The minimum absolute atomic E-state index is 0.0132. The highest BCUT2D eigenvalue weighted by Crippen LogP contribution is 2.37. The molecule has 0 unspecified atom stereocenters. The fourth-order valence-corrected chi connectivity index (χ4v) is 5.68. The van der Waals surface area contributed by atoms with Gasteiger partial charge in [0.05, 0.1) is 17.3 Å². The van der Waals surface area contributed by atoms with Crippen molar-refractivity contribution >= 4 is 11.3 Å². The lowest BCUT2D eigenvalue weighted by Crippen LogP contribution is -2.58. The summed E-state index contributed by atoms with van der Waals surface area (Å²) in [6, 6.07) is 12.2. The fourth-order valence-electron chi connectivity index (χ4n) is 4.54. The summed E-state index contributed by atoms with van der Waals surface area (Å²) in [5, 5.41) is 24.7. The van der Waals surface area contributed by atoms with Gasteiger partial charge in [-0.15, -0.1) is 11.3 Å². The Labute approximate surface area is 204 Å². The summed E-state index contributed by atoms with van der Waals surface area (Å²) < 4.78 is 30.1. The molecule has 2 N–H and O–H groups in total. The predicted molar refractivity (Wildman–Crippen MR) is 125 cm³/mol. The summed E-state index contributed by atoms with van der Waals surface area (Å²) in [4.78, 5) is 12.0. The Morgan fingerprint density at radius 1 is 1.29 bits per heavy atom. The van der Waals surface area contributed by atoms with Gasteiger partial charge < -0.3 is 5.11 Å². The molecule has 178 valence electrons. The van der Waals surface area contributed by atoms with Gasteiger partial charge in [0.15, 0.2) is 0 Å². The van der Waals surface area contributed by atoms with Crippen LogP contribution in [0.4, 0.5) is 8.78 Å². The Kier molecular flexibility index (Phi) is 6.15. The average Bonchev–Trinajstić information content (AvgIpc) is 3.52. The molecule has 0 saturated carbocycles. The third kappa shape index (κ3) is 4.46. The van der Waals surface area contributed by atoms with Gasteiger partial charge in [-0.25, -0.2) is 13.8 Å². The highest BCUT2D eigenvalue weighted by atomic mass is 32.1. The van der Waals surface area contributed by atoms with E-state index in [4.69, 9.17) is 10.2 Å². The molecule has 7 nitrogen and oxygen atoms in total. The van der Waals surface area contributed by atoms with E-state index < -0.39 is 23.3 Å². The quantitative estimate of drug-likeness (QED) is 0.402. The molecular weight excluding hydrogens is 470 g/mol. The smallest absolute Gasteiger partial charge is 0.306 e. The van der Waals surface area contributed by atoms with Crippen LogP contribution in [0.3, 0.4) is 0 Å². The van der Waals surface area contributed by atoms with Gasteiger partial charge in [-0.05, 0) is 30.1 Å². The van der Waals surface area contributed by atoms with E-state index in [1.165, 1.54) is 18.7 Å². The summed E-state index contributed by atoms with van der Waals surface area (Å²) in [6.07, 6.45) is 3.67. The number of aliphatic hydroxyl groups is 1. The van der Waals surface area contributed by atoms with Crippen LogP contribution in [0.25, 0.3) is 10.6 Å².